The minimum Gasteiger partial charge on any atom is -0.344 e. The molecule has 0 bridgehead atoms. The number of unbranched alkanes of at least 4 members (excludes halogenated alkanes) is 1. The minimum atomic E-state index is -0.767. The number of hydrogen-bond donors (Lipinski definition) is 2. The summed E-state index contributed by atoms with van der Waals surface area (Å²) in [6.07, 6.45) is 2.41. The standard InChI is InChI=1S/C23H36N4O5S/c1-5-6-8-17(15-27(32)16-28)20(29)24-19(23(2,3)4)22(31)26-12-10-25(11-13-26)21(30)18-9-7-14-33-18/h7,9,14,16-17,19,32H,5-6,8,10-13,15H2,1-4H3,(H,24,29)/t17-,19?/m1/s1. The molecule has 1 saturated heterocycles. The molecule has 2 N–H and O–H groups in total. The zero-order valence-electron chi connectivity index (χ0n) is 20.0. The van der Waals surface area contributed by atoms with Crippen LogP contribution in [0.3, 0.4) is 0 Å². The molecule has 2 atom stereocenters. The van der Waals surface area contributed by atoms with E-state index in [1.807, 2.05) is 39.1 Å². The molecule has 1 aliphatic rings. The maximum absolute atomic E-state index is 13.4. The third kappa shape index (κ3) is 7.53. The molecule has 1 aliphatic heterocycles. The highest BCUT2D eigenvalue weighted by Gasteiger charge is 2.38. The maximum atomic E-state index is 13.4. The summed E-state index contributed by atoms with van der Waals surface area (Å²) in [5.74, 6) is -1.19. The van der Waals surface area contributed by atoms with Crippen molar-refractivity contribution >= 4 is 35.5 Å². The van der Waals surface area contributed by atoms with Crippen molar-refractivity contribution in [2.24, 2.45) is 11.3 Å². The van der Waals surface area contributed by atoms with Crippen LogP contribution in [0, 0.1) is 11.3 Å². The highest BCUT2D eigenvalue weighted by molar-refractivity contribution is 7.12. The summed E-state index contributed by atoms with van der Waals surface area (Å²) in [4.78, 5) is 54.0. The molecule has 4 amide bonds. The number of amides is 4. The van der Waals surface area contributed by atoms with Gasteiger partial charge in [-0.05, 0) is 23.3 Å². The lowest BCUT2D eigenvalue weighted by Crippen LogP contribution is -2.60. The van der Waals surface area contributed by atoms with E-state index in [1.165, 1.54) is 11.3 Å². The highest BCUT2D eigenvalue weighted by Crippen LogP contribution is 2.23. The molecule has 2 heterocycles. The van der Waals surface area contributed by atoms with Crippen molar-refractivity contribution in [2.75, 3.05) is 32.7 Å². The largest absolute Gasteiger partial charge is 0.344 e. The van der Waals surface area contributed by atoms with Gasteiger partial charge in [0.25, 0.3) is 5.91 Å². The van der Waals surface area contributed by atoms with Crippen LogP contribution in [0.15, 0.2) is 17.5 Å². The fraction of sp³-hybridized carbons (Fsp3) is 0.652. The average molecular weight is 481 g/mol. The van der Waals surface area contributed by atoms with Gasteiger partial charge in [-0.1, -0.05) is 46.6 Å². The first-order chi connectivity index (χ1) is 15.6. The summed E-state index contributed by atoms with van der Waals surface area (Å²) in [5.41, 5.74) is -0.546. The van der Waals surface area contributed by atoms with Gasteiger partial charge in [-0.3, -0.25) is 24.4 Å². The van der Waals surface area contributed by atoms with E-state index in [-0.39, 0.29) is 30.7 Å². The highest BCUT2D eigenvalue weighted by atomic mass is 32.1. The number of hydrogen-bond acceptors (Lipinski definition) is 6. The van der Waals surface area contributed by atoms with Gasteiger partial charge in [0.05, 0.1) is 17.3 Å². The number of thiophene rings is 1. The van der Waals surface area contributed by atoms with Crippen molar-refractivity contribution in [3.05, 3.63) is 22.4 Å². The van der Waals surface area contributed by atoms with E-state index in [0.717, 1.165) is 12.8 Å². The Hall–Kier alpha value is -2.46. The van der Waals surface area contributed by atoms with Gasteiger partial charge in [-0.25, -0.2) is 5.06 Å². The Morgan fingerprint density at radius 3 is 2.36 bits per heavy atom. The van der Waals surface area contributed by atoms with Crippen LogP contribution in [-0.4, -0.2) is 83.0 Å². The summed E-state index contributed by atoms with van der Waals surface area (Å²) in [6, 6.07) is 2.87. The van der Waals surface area contributed by atoms with Crippen molar-refractivity contribution in [3.63, 3.8) is 0 Å². The second kappa shape index (κ2) is 12.1. The molecule has 0 aliphatic carbocycles. The molecule has 184 valence electrons. The summed E-state index contributed by atoms with van der Waals surface area (Å²) < 4.78 is 0. The van der Waals surface area contributed by atoms with E-state index < -0.39 is 17.4 Å². The Kier molecular flexibility index (Phi) is 9.85. The van der Waals surface area contributed by atoms with Crippen molar-refractivity contribution < 1.29 is 24.4 Å². The second-order valence-corrected chi connectivity index (χ2v) is 10.4. The first kappa shape index (κ1) is 26.8. The number of rotatable bonds is 10. The van der Waals surface area contributed by atoms with Gasteiger partial charge in [0.2, 0.25) is 18.2 Å². The lowest BCUT2D eigenvalue weighted by molar-refractivity contribution is -0.155. The van der Waals surface area contributed by atoms with Crippen molar-refractivity contribution in [1.29, 1.82) is 0 Å². The Labute approximate surface area is 199 Å². The lowest BCUT2D eigenvalue weighted by Gasteiger charge is -2.39. The van der Waals surface area contributed by atoms with Crippen LogP contribution in [0.1, 0.15) is 56.6 Å². The third-order valence-corrected chi connectivity index (χ3v) is 6.67. The predicted molar refractivity (Wildman–Crippen MR) is 126 cm³/mol. The molecule has 9 nitrogen and oxygen atoms in total. The molecule has 0 saturated carbocycles. The molecule has 1 aromatic heterocycles. The Morgan fingerprint density at radius 1 is 1.21 bits per heavy atom. The molecule has 10 heteroatoms. The molecule has 1 fully saturated rings. The van der Waals surface area contributed by atoms with Gasteiger partial charge in [0, 0.05) is 26.2 Å². The fourth-order valence-corrected chi connectivity index (χ4v) is 4.49. The fourth-order valence-electron chi connectivity index (χ4n) is 3.80. The van der Waals surface area contributed by atoms with Gasteiger partial charge < -0.3 is 15.1 Å². The molecule has 0 radical (unpaired) electrons. The lowest BCUT2D eigenvalue weighted by atomic mass is 9.85. The summed E-state index contributed by atoms with van der Waals surface area (Å²) in [6.45, 7) is 9.20. The van der Waals surface area contributed by atoms with Crippen LogP contribution in [0.4, 0.5) is 0 Å². The number of nitrogens with one attached hydrogen (secondary N) is 1. The van der Waals surface area contributed by atoms with Crippen LogP contribution < -0.4 is 5.32 Å². The third-order valence-electron chi connectivity index (χ3n) is 5.82. The van der Waals surface area contributed by atoms with Crippen LogP contribution in [0.25, 0.3) is 0 Å². The normalized spacial score (nSPS) is 16.2. The Balaban J connectivity index is 2.05. The average Bonchev–Trinajstić information content (AvgIpc) is 3.33. The van der Waals surface area contributed by atoms with E-state index in [1.54, 1.807) is 15.9 Å². The van der Waals surface area contributed by atoms with E-state index in [0.29, 0.717) is 42.5 Å². The number of piperazine rings is 1. The van der Waals surface area contributed by atoms with Crippen molar-refractivity contribution in [2.45, 2.75) is 53.0 Å². The maximum Gasteiger partial charge on any atom is 0.264 e. The SMILES string of the molecule is CCCC[C@H](CN(O)C=O)C(=O)NC(C(=O)N1CCN(C(=O)c2cccs2)CC1)C(C)(C)C. The number of hydroxylamine groups is 2. The Bertz CT molecular complexity index is 800. The first-order valence-electron chi connectivity index (χ1n) is 11.4. The monoisotopic (exact) mass is 480 g/mol. The minimum absolute atomic E-state index is 0.0275. The summed E-state index contributed by atoms with van der Waals surface area (Å²) >= 11 is 1.40. The molecule has 0 aromatic carbocycles. The van der Waals surface area contributed by atoms with Gasteiger partial charge >= 0.3 is 0 Å². The predicted octanol–water partition coefficient (Wildman–Crippen LogP) is 2.22. The number of nitrogens with zero attached hydrogens (tertiary/aromatic N) is 3. The van der Waals surface area contributed by atoms with Crippen molar-refractivity contribution in [1.82, 2.24) is 20.2 Å². The molecule has 1 unspecified atom stereocenters. The molecular weight excluding hydrogens is 444 g/mol. The molecule has 0 spiro atoms. The second-order valence-electron chi connectivity index (χ2n) is 9.47. The van der Waals surface area contributed by atoms with Crippen LogP contribution in [-0.2, 0) is 14.4 Å². The van der Waals surface area contributed by atoms with Crippen molar-refractivity contribution in [3.8, 4) is 0 Å². The van der Waals surface area contributed by atoms with Crippen LogP contribution in [0.2, 0.25) is 0 Å². The van der Waals surface area contributed by atoms with Crippen LogP contribution in [0.5, 0.6) is 0 Å². The first-order valence-corrected chi connectivity index (χ1v) is 12.3. The van der Waals surface area contributed by atoms with Gasteiger partial charge in [0.1, 0.15) is 6.04 Å². The topological polar surface area (TPSA) is 110 Å². The van der Waals surface area contributed by atoms with Gasteiger partial charge in [0.15, 0.2) is 0 Å². The zero-order chi connectivity index (χ0) is 24.6. The number of carbonyl (C=O) groups is 4. The summed E-state index contributed by atoms with van der Waals surface area (Å²) in [7, 11) is 0. The number of carbonyl (C=O) groups excluding carboxylic acids is 4. The van der Waals surface area contributed by atoms with E-state index in [4.69, 9.17) is 0 Å². The van der Waals surface area contributed by atoms with Crippen LogP contribution >= 0.6 is 11.3 Å². The van der Waals surface area contributed by atoms with E-state index >= 15 is 0 Å². The van der Waals surface area contributed by atoms with E-state index in [9.17, 15) is 24.4 Å². The molecular formula is C23H36N4O5S. The zero-order valence-corrected chi connectivity index (χ0v) is 20.8. The summed E-state index contributed by atoms with van der Waals surface area (Å²) in [5, 5.41) is 14.8. The molecule has 33 heavy (non-hydrogen) atoms. The van der Waals surface area contributed by atoms with E-state index in [2.05, 4.69) is 5.32 Å². The van der Waals surface area contributed by atoms with Gasteiger partial charge in [-0.2, -0.15) is 0 Å². The Morgan fingerprint density at radius 2 is 1.85 bits per heavy atom. The van der Waals surface area contributed by atoms with Gasteiger partial charge in [-0.15, -0.1) is 11.3 Å². The molecule has 1 aromatic rings. The smallest absolute Gasteiger partial charge is 0.264 e. The quantitative estimate of drug-likeness (QED) is 0.303. The molecule has 2 rings (SSSR count).